The van der Waals surface area contributed by atoms with Crippen LogP contribution in [0.25, 0.3) is 0 Å². The van der Waals surface area contributed by atoms with Crippen molar-refractivity contribution in [2.45, 2.75) is 45.1 Å². The molecule has 0 aliphatic carbocycles. The van der Waals surface area contributed by atoms with E-state index in [9.17, 15) is 18.0 Å². The molecule has 2 aliphatic rings. The zero-order chi connectivity index (χ0) is 25.4. The molecule has 2 aliphatic heterocycles. The average Bonchev–Trinajstić information content (AvgIpc) is 3.34. The van der Waals surface area contributed by atoms with Crippen molar-refractivity contribution in [3.8, 4) is 5.88 Å². The standard InChI is InChI=1S/C25H27F3N6O2/c1-16-7-10-29-23(36-2)22(16)32-11-8-18(9-12-32)33-15-20-21(13-30-31-20)34(24(33)35)14-17-5-3-4-6-19(17)25(26,27)28/h3-7,10,13,18H,8-9,11-12,14-15H2,1-2H3,(H,30,31). The van der Waals surface area contributed by atoms with Gasteiger partial charge in [0.2, 0.25) is 5.88 Å². The number of benzene rings is 1. The number of aromatic nitrogens is 3. The zero-order valence-corrected chi connectivity index (χ0v) is 20.0. The molecule has 0 unspecified atom stereocenters. The van der Waals surface area contributed by atoms with E-state index >= 15 is 0 Å². The van der Waals surface area contributed by atoms with Gasteiger partial charge in [-0.1, -0.05) is 18.2 Å². The summed E-state index contributed by atoms with van der Waals surface area (Å²) in [5.74, 6) is 0.569. The summed E-state index contributed by atoms with van der Waals surface area (Å²) in [5.41, 5.74) is 2.54. The van der Waals surface area contributed by atoms with Gasteiger partial charge in [0.25, 0.3) is 0 Å². The monoisotopic (exact) mass is 500 g/mol. The summed E-state index contributed by atoms with van der Waals surface area (Å²) in [4.78, 5) is 23.3. The summed E-state index contributed by atoms with van der Waals surface area (Å²) in [5, 5.41) is 6.99. The molecule has 4 heterocycles. The fraction of sp³-hybridized carbons (Fsp3) is 0.400. The molecule has 1 N–H and O–H groups in total. The SMILES string of the molecule is COc1nccc(C)c1N1CCC(N2Cc3[nH]ncc3N(Cc3ccccc3C(F)(F)F)C2=O)CC1. The van der Waals surface area contributed by atoms with Gasteiger partial charge in [-0.25, -0.2) is 9.78 Å². The average molecular weight is 501 g/mol. The van der Waals surface area contributed by atoms with E-state index in [0.717, 1.165) is 17.3 Å². The van der Waals surface area contributed by atoms with Crippen LogP contribution in [0.15, 0.2) is 42.7 Å². The van der Waals surface area contributed by atoms with Crippen molar-refractivity contribution in [3.05, 3.63) is 65.1 Å². The van der Waals surface area contributed by atoms with Crippen molar-refractivity contribution in [3.63, 3.8) is 0 Å². The normalized spacial score (nSPS) is 16.9. The van der Waals surface area contributed by atoms with Gasteiger partial charge >= 0.3 is 12.2 Å². The largest absolute Gasteiger partial charge is 0.480 e. The predicted octanol–water partition coefficient (Wildman–Crippen LogP) is 4.75. The molecule has 2 aromatic heterocycles. The number of nitrogens with zero attached hydrogens (tertiary/aromatic N) is 5. The number of aryl methyl sites for hydroxylation is 1. The quantitative estimate of drug-likeness (QED) is 0.547. The van der Waals surface area contributed by atoms with E-state index in [-0.39, 0.29) is 24.2 Å². The molecule has 2 amide bonds. The molecule has 0 spiro atoms. The van der Waals surface area contributed by atoms with E-state index in [1.54, 1.807) is 24.3 Å². The molecule has 3 aromatic rings. The number of hydrogen-bond acceptors (Lipinski definition) is 5. The number of carbonyl (C=O) groups excluding carboxylic acids is 1. The molecule has 1 aromatic carbocycles. The molecule has 8 nitrogen and oxygen atoms in total. The number of piperidine rings is 1. The number of nitrogens with one attached hydrogen (secondary N) is 1. The number of urea groups is 1. The number of H-pyrrole nitrogens is 1. The maximum absolute atomic E-state index is 13.6. The van der Waals surface area contributed by atoms with Crippen molar-refractivity contribution in [1.29, 1.82) is 0 Å². The van der Waals surface area contributed by atoms with Gasteiger partial charge in [-0.2, -0.15) is 18.3 Å². The molecular formula is C25H27F3N6O2. The van der Waals surface area contributed by atoms with Crippen LogP contribution in [0.2, 0.25) is 0 Å². The van der Waals surface area contributed by atoms with Crippen molar-refractivity contribution in [1.82, 2.24) is 20.1 Å². The van der Waals surface area contributed by atoms with Crippen LogP contribution in [0.3, 0.4) is 0 Å². The highest BCUT2D eigenvalue weighted by molar-refractivity contribution is 5.94. The summed E-state index contributed by atoms with van der Waals surface area (Å²) in [6.07, 6.45) is 0.122. The molecule has 0 saturated carbocycles. The van der Waals surface area contributed by atoms with Gasteiger partial charge in [-0.05, 0) is 43.0 Å². The van der Waals surface area contributed by atoms with E-state index in [2.05, 4.69) is 20.1 Å². The van der Waals surface area contributed by atoms with Gasteiger partial charge < -0.3 is 14.5 Å². The van der Waals surface area contributed by atoms with Crippen molar-refractivity contribution in [2.24, 2.45) is 0 Å². The van der Waals surface area contributed by atoms with Gasteiger partial charge in [0.15, 0.2) is 0 Å². The highest BCUT2D eigenvalue weighted by Gasteiger charge is 2.39. The number of carbonyl (C=O) groups is 1. The van der Waals surface area contributed by atoms with Crippen LogP contribution in [0.5, 0.6) is 5.88 Å². The third-order valence-corrected chi connectivity index (χ3v) is 6.95. The lowest BCUT2D eigenvalue weighted by molar-refractivity contribution is -0.138. The Morgan fingerprint density at radius 3 is 2.64 bits per heavy atom. The Bertz CT molecular complexity index is 1250. The first kappa shape index (κ1) is 24.0. The number of aromatic amines is 1. The minimum Gasteiger partial charge on any atom is -0.480 e. The first-order valence-corrected chi connectivity index (χ1v) is 11.8. The molecule has 5 rings (SSSR count). The molecule has 0 atom stereocenters. The molecule has 1 saturated heterocycles. The van der Waals surface area contributed by atoms with Crippen LogP contribution in [0.1, 0.15) is 35.2 Å². The lowest BCUT2D eigenvalue weighted by atomic mass is 10.0. The lowest BCUT2D eigenvalue weighted by Gasteiger charge is -2.43. The Balaban J connectivity index is 1.37. The second-order valence-corrected chi connectivity index (χ2v) is 9.09. The van der Waals surface area contributed by atoms with E-state index in [1.807, 2.05) is 13.0 Å². The topological polar surface area (TPSA) is 77.6 Å². The third kappa shape index (κ3) is 4.33. The van der Waals surface area contributed by atoms with Crippen LogP contribution in [0, 0.1) is 6.92 Å². The molecule has 1 fully saturated rings. The van der Waals surface area contributed by atoms with E-state index in [0.29, 0.717) is 49.7 Å². The number of alkyl halides is 3. The number of halogens is 3. The Hall–Kier alpha value is -3.76. The first-order valence-electron chi connectivity index (χ1n) is 11.8. The number of rotatable bonds is 5. The molecule has 11 heteroatoms. The van der Waals surface area contributed by atoms with Crippen LogP contribution < -0.4 is 14.5 Å². The highest BCUT2D eigenvalue weighted by atomic mass is 19.4. The smallest absolute Gasteiger partial charge is 0.416 e. The summed E-state index contributed by atoms with van der Waals surface area (Å²) in [6, 6.07) is 6.93. The summed E-state index contributed by atoms with van der Waals surface area (Å²) >= 11 is 0. The second kappa shape index (κ2) is 9.36. The highest BCUT2D eigenvalue weighted by Crippen LogP contribution is 2.37. The number of fused-ring (bicyclic) bond motifs is 1. The molecule has 0 bridgehead atoms. The number of pyridine rings is 1. The fourth-order valence-electron chi connectivity index (χ4n) is 5.16. The van der Waals surface area contributed by atoms with Gasteiger partial charge in [0.1, 0.15) is 5.69 Å². The van der Waals surface area contributed by atoms with E-state index in [1.165, 1.54) is 23.2 Å². The minimum absolute atomic E-state index is 0.0429. The Kier molecular flexibility index (Phi) is 6.23. The first-order chi connectivity index (χ1) is 17.3. The lowest BCUT2D eigenvalue weighted by Crippen LogP contribution is -2.54. The molecule has 36 heavy (non-hydrogen) atoms. The summed E-state index contributed by atoms with van der Waals surface area (Å²) < 4.78 is 46.3. The van der Waals surface area contributed by atoms with Gasteiger partial charge in [-0.3, -0.25) is 10.00 Å². The number of hydrogen-bond donors (Lipinski definition) is 1. The van der Waals surface area contributed by atoms with Crippen LogP contribution in [-0.4, -0.2) is 52.4 Å². The minimum atomic E-state index is -4.51. The fourth-order valence-corrected chi connectivity index (χ4v) is 5.16. The molecule has 0 radical (unpaired) electrons. The van der Waals surface area contributed by atoms with Crippen LogP contribution >= 0.6 is 0 Å². The number of ether oxygens (including phenoxy) is 1. The summed E-state index contributed by atoms with van der Waals surface area (Å²) in [7, 11) is 1.60. The van der Waals surface area contributed by atoms with Crippen LogP contribution in [-0.2, 0) is 19.3 Å². The molecule has 190 valence electrons. The Morgan fingerprint density at radius 2 is 1.92 bits per heavy atom. The van der Waals surface area contributed by atoms with E-state index in [4.69, 9.17) is 4.74 Å². The number of methoxy groups -OCH3 is 1. The third-order valence-electron chi connectivity index (χ3n) is 6.95. The van der Waals surface area contributed by atoms with Crippen molar-refractivity contribution < 1.29 is 22.7 Å². The zero-order valence-electron chi connectivity index (χ0n) is 20.0. The maximum atomic E-state index is 13.6. The van der Waals surface area contributed by atoms with Gasteiger partial charge in [0.05, 0.1) is 43.3 Å². The van der Waals surface area contributed by atoms with Crippen molar-refractivity contribution >= 4 is 17.4 Å². The number of amides is 2. The van der Waals surface area contributed by atoms with Crippen LogP contribution in [0.4, 0.5) is 29.3 Å². The maximum Gasteiger partial charge on any atom is 0.416 e. The Labute approximate surface area is 206 Å². The Morgan fingerprint density at radius 1 is 1.17 bits per heavy atom. The molecular weight excluding hydrogens is 473 g/mol. The van der Waals surface area contributed by atoms with Gasteiger partial charge in [-0.15, -0.1) is 0 Å². The second-order valence-electron chi connectivity index (χ2n) is 9.09. The van der Waals surface area contributed by atoms with Gasteiger partial charge in [0, 0.05) is 25.3 Å². The van der Waals surface area contributed by atoms with E-state index < -0.39 is 11.7 Å². The summed E-state index contributed by atoms with van der Waals surface area (Å²) in [6.45, 7) is 3.55. The predicted molar refractivity (Wildman–Crippen MR) is 128 cm³/mol. The van der Waals surface area contributed by atoms with Crippen molar-refractivity contribution in [2.75, 3.05) is 30.0 Å². The number of anilines is 2.